The summed E-state index contributed by atoms with van der Waals surface area (Å²) in [6.45, 7) is 1.86. The summed E-state index contributed by atoms with van der Waals surface area (Å²) >= 11 is 0. The van der Waals surface area contributed by atoms with Crippen molar-refractivity contribution in [3.05, 3.63) is 97.6 Å². The zero-order chi connectivity index (χ0) is 22.5. The maximum absolute atomic E-state index is 12.4. The molecule has 10 nitrogen and oxygen atoms in total. The highest BCUT2D eigenvalue weighted by molar-refractivity contribution is 5.93. The number of rotatable bonds is 6. The Bertz CT molecular complexity index is 1190. The van der Waals surface area contributed by atoms with Crippen LogP contribution >= 0.6 is 0 Å². The lowest BCUT2D eigenvalue weighted by Gasteiger charge is -2.05. The smallest absolute Gasteiger partial charge is 0.344 e. The molecule has 0 aromatic heterocycles. The maximum Gasteiger partial charge on any atom is 0.344 e. The molecule has 156 valence electrons. The Morgan fingerprint density at radius 1 is 1.00 bits per heavy atom. The van der Waals surface area contributed by atoms with Gasteiger partial charge >= 0.3 is 5.97 Å². The summed E-state index contributed by atoms with van der Waals surface area (Å²) in [5.74, 6) is -0.870. The molecule has 0 unspecified atom stereocenters. The lowest BCUT2D eigenvalue weighted by molar-refractivity contribution is -0.394. The van der Waals surface area contributed by atoms with Gasteiger partial charge in [-0.25, -0.2) is 4.79 Å². The third kappa shape index (κ3) is 5.26. The molecule has 0 heterocycles. The molecule has 0 amide bonds. The molecule has 3 aromatic carbocycles. The number of non-ortho nitro benzene ring substituents is 2. The predicted octanol–water partition coefficient (Wildman–Crippen LogP) is 4.49. The SMILES string of the molecule is Cc1ccc(O)c(N=Cc2cccc(OC(=O)c3cc([N+](=O)[O-])cc([N+](=O)[O-])c3)c2)c1. The van der Waals surface area contributed by atoms with Gasteiger partial charge in [-0.15, -0.1) is 0 Å². The predicted molar refractivity (Wildman–Crippen MR) is 111 cm³/mol. The van der Waals surface area contributed by atoms with E-state index in [1.165, 1.54) is 24.4 Å². The summed E-state index contributed by atoms with van der Waals surface area (Å²) in [5.41, 5.74) is 0.311. The van der Waals surface area contributed by atoms with E-state index in [1.807, 2.05) is 6.92 Å². The van der Waals surface area contributed by atoms with E-state index in [0.717, 1.165) is 23.8 Å². The number of phenols is 1. The average molecular weight is 421 g/mol. The van der Waals surface area contributed by atoms with Crippen molar-refractivity contribution in [3.8, 4) is 11.5 Å². The second kappa shape index (κ2) is 8.82. The van der Waals surface area contributed by atoms with Gasteiger partial charge in [-0.2, -0.15) is 0 Å². The molecule has 0 atom stereocenters. The Balaban J connectivity index is 1.83. The molecule has 0 aliphatic carbocycles. The van der Waals surface area contributed by atoms with Crippen LogP contribution in [-0.4, -0.2) is 27.1 Å². The van der Waals surface area contributed by atoms with Crippen LogP contribution in [0.25, 0.3) is 0 Å². The minimum atomic E-state index is -0.989. The van der Waals surface area contributed by atoms with Gasteiger partial charge in [0, 0.05) is 18.3 Å². The second-order valence-electron chi connectivity index (χ2n) is 6.46. The number of phenolic OH excluding ortho intramolecular Hbond substituents is 1. The number of aromatic hydroxyl groups is 1. The summed E-state index contributed by atoms with van der Waals surface area (Å²) in [4.78, 5) is 36.9. The second-order valence-corrected chi connectivity index (χ2v) is 6.46. The van der Waals surface area contributed by atoms with Crippen LogP contribution in [0.5, 0.6) is 11.5 Å². The molecular weight excluding hydrogens is 406 g/mol. The number of carbonyl (C=O) groups is 1. The molecule has 0 bridgehead atoms. The van der Waals surface area contributed by atoms with Gasteiger partial charge < -0.3 is 9.84 Å². The first kappa shape index (κ1) is 21.1. The lowest BCUT2D eigenvalue weighted by atomic mass is 10.1. The number of esters is 1. The number of ether oxygens (including phenoxy) is 1. The Morgan fingerprint density at radius 3 is 2.32 bits per heavy atom. The highest BCUT2D eigenvalue weighted by Crippen LogP contribution is 2.27. The van der Waals surface area contributed by atoms with Gasteiger partial charge in [0.25, 0.3) is 11.4 Å². The third-order valence-electron chi connectivity index (χ3n) is 4.11. The van der Waals surface area contributed by atoms with Gasteiger partial charge in [0.15, 0.2) is 0 Å². The minimum absolute atomic E-state index is 0.0108. The standard InChI is InChI=1S/C21H15N3O7/c1-13-5-6-20(25)19(7-13)22-12-14-3-2-4-18(8-14)31-21(26)15-9-16(23(27)28)11-17(10-15)24(29)30/h2-12,25H,1H3. The average Bonchev–Trinajstić information content (AvgIpc) is 2.74. The topological polar surface area (TPSA) is 145 Å². The molecule has 0 fully saturated rings. The molecule has 10 heteroatoms. The van der Waals surface area contributed by atoms with Gasteiger partial charge in [0.1, 0.15) is 17.2 Å². The summed E-state index contributed by atoms with van der Waals surface area (Å²) < 4.78 is 5.21. The first-order chi connectivity index (χ1) is 14.7. The number of nitrogens with zero attached hydrogens (tertiary/aromatic N) is 3. The van der Waals surface area contributed by atoms with Crippen LogP contribution in [0, 0.1) is 27.2 Å². The van der Waals surface area contributed by atoms with Crippen molar-refractivity contribution in [1.82, 2.24) is 0 Å². The van der Waals surface area contributed by atoms with Gasteiger partial charge in [-0.05, 0) is 42.3 Å². The lowest BCUT2D eigenvalue weighted by Crippen LogP contribution is -2.10. The number of hydrogen-bond donors (Lipinski definition) is 1. The van der Waals surface area contributed by atoms with Crippen molar-refractivity contribution in [1.29, 1.82) is 0 Å². The minimum Gasteiger partial charge on any atom is -0.506 e. The molecule has 0 aliphatic heterocycles. The molecule has 0 spiro atoms. The first-order valence-corrected chi connectivity index (χ1v) is 8.83. The van der Waals surface area contributed by atoms with Crippen LogP contribution < -0.4 is 4.74 Å². The molecule has 1 N–H and O–H groups in total. The van der Waals surface area contributed by atoms with Gasteiger partial charge in [-0.3, -0.25) is 25.2 Å². The van der Waals surface area contributed by atoms with E-state index in [4.69, 9.17) is 4.74 Å². The Morgan fingerprint density at radius 2 is 1.68 bits per heavy atom. The van der Waals surface area contributed by atoms with E-state index in [2.05, 4.69) is 4.99 Å². The number of hydrogen-bond acceptors (Lipinski definition) is 8. The summed E-state index contributed by atoms with van der Waals surface area (Å²) in [7, 11) is 0. The molecule has 0 saturated carbocycles. The van der Waals surface area contributed by atoms with Gasteiger partial charge in [0.05, 0.1) is 21.5 Å². The largest absolute Gasteiger partial charge is 0.506 e. The van der Waals surface area contributed by atoms with Crippen molar-refractivity contribution in [2.45, 2.75) is 6.92 Å². The van der Waals surface area contributed by atoms with Crippen molar-refractivity contribution in [2.24, 2.45) is 4.99 Å². The number of carbonyl (C=O) groups excluding carboxylic acids is 1. The number of nitro groups is 2. The fraction of sp³-hybridized carbons (Fsp3) is 0.0476. The van der Waals surface area contributed by atoms with Crippen LogP contribution in [0.4, 0.5) is 17.1 Å². The van der Waals surface area contributed by atoms with E-state index in [1.54, 1.807) is 24.3 Å². The third-order valence-corrected chi connectivity index (χ3v) is 4.11. The van der Waals surface area contributed by atoms with Crippen molar-refractivity contribution < 1.29 is 24.5 Å². The Kier molecular flexibility index (Phi) is 6.01. The Hall–Kier alpha value is -4.60. The van der Waals surface area contributed by atoms with E-state index < -0.39 is 27.2 Å². The van der Waals surface area contributed by atoms with Gasteiger partial charge in [-0.1, -0.05) is 18.2 Å². The van der Waals surface area contributed by atoms with Crippen LogP contribution in [0.3, 0.4) is 0 Å². The van der Waals surface area contributed by atoms with E-state index in [9.17, 15) is 30.1 Å². The zero-order valence-corrected chi connectivity index (χ0v) is 16.1. The number of aryl methyl sites for hydroxylation is 1. The number of nitro benzene ring substituents is 2. The normalized spacial score (nSPS) is 10.7. The van der Waals surface area contributed by atoms with Crippen molar-refractivity contribution >= 4 is 29.2 Å². The fourth-order valence-electron chi connectivity index (χ4n) is 2.63. The molecule has 0 radical (unpaired) electrons. The molecule has 3 rings (SSSR count). The number of aliphatic imine (C=N–C) groups is 1. The highest BCUT2D eigenvalue weighted by atomic mass is 16.6. The van der Waals surface area contributed by atoms with Crippen LogP contribution in [0.2, 0.25) is 0 Å². The molecular formula is C21H15N3O7. The van der Waals surface area contributed by atoms with E-state index in [0.29, 0.717) is 11.3 Å². The van der Waals surface area contributed by atoms with E-state index >= 15 is 0 Å². The molecule has 31 heavy (non-hydrogen) atoms. The quantitative estimate of drug-likeness (QED) is 0.203. The van der Waals surface area contributed by atoms with Crippen LogP contribution in [-0.2, 0) is 0 Å². The van der Waals surface area contributed by atoms with Crippen molar-refractivity contribution in [3.63, 3.8) is 0 Å². The molecule has 0 saturated heterocycles. The molecule has 0 aliphatic rings. The highest BCUT2D eigenvalue weighted by Gasteiger charge is 2.21. The number of benzene rings is 3. The van der Waals surface area contributed by atoms with Crippen LogP contribution in [0.1, 0.15) is 21.5 Å². The van der Waals surface area contributed by atoms with E-state index in [-0.39, 0.29) is 17.1 Å². The summed E-state index contributed by atoms with van der Waals surface area (Å²) in [5, 5.41) is 31.8. The maximum atomic E-state index is 12.4. The summed E-state index contributed by atoms with van der Waals surface area (Å²) in [6.07, 6.45) is 1.46. The molecule has 3 aromatic rings. The van der Waals surface area contributed by atoms with Crippen LogP contribution in [0.15, 0.2) is 65.7 Å². The Labute approximate surface area is 175 Å². The van der Waals surface area contributed by atoms with Crippen molar-refractivity contribution in [2.75, 3.05) is 0 Å². The fourth-order valence-corrected chi connectivity index (χ4v) is 2.63. The zero-order valence-electron chi connectivity index (χ0n) is 16.1. The monoisotopic (exact) mass is 421 g/mol. The summed E-state index contributed by atoms with van der Waals surface area (Å²) in [6, 6.07) is 13.8. The first-order valence-electron chi connectivity index (χ1n) is 8.83. The van der Waals surface area contributed by atoms with Gasteiger partial charge in [0.2, 0.25) is 0 Å².